The highest BCUT2D eigenvalue weighted by molar-refractivity contribution is 5.28. The predicted octanol–water partition coefficient (Wildman–Crippen LogP) is 4.21. The minimum atomic E-state index is -0.869. The number of ether oxygens (including phenoxy) is 2. The summed E-state index contributed by atoms with van der Waals surface area (Å²) in [7, 11) is 1.67. The first-order chi connectivity index (χ1) is 13.5. The Balaban J connectivity index is 2.13. The van der Waals surface area contributed by atoms with Gasteiger partial charge in [-0.05, 0) is 55.9 Å². The van der Waals surface area contributed by atoms with Crippen molar-refractivity contribution in [2.75, 3.05) is 20.3 Å². The van der Waals surface area contributed by atoms with E-state index in [0.29, 0.717) is 13.2 Å². The number of benzene rings is 2. The molecule has 0 bridgehead atoms. The summed E-state index contributed by atoms with van der Waals surface area (Å²) in [5.41, 5.74) is 1.51. The molecular weight excluding hydrogens is 350 g/mol. The molecule has 0 aliphatic rings. The predicted molar refractivity (Wildman–Crippen MR) is 115 cm³/mol. The van der Waals surface area contributed by atoms with Crippen LogP contribution < -0.4 is 10.1 Å². The van der Waals surface area contributed by atoms with E-state index in [2.05, 4.69) is 36.5 Å². The molecule has 0 aliphatic carbocycles. The number of aliphatic hydroxyl groups is 1. The second-order valence-corrected chi connectivity index (χ2v) is 7.58. The molecule has 0 spiro atoms. The van der Waals surface area contributed by atoms with E-state index in [9.17, 15) is 5.11 Å². The third-order valence-electron chi connectivity index (χ3n) is 5.60. The van der Waals surface area contributed by atoms with E-state index >= 15 is 0 Å². The lowest BCUT2D eigenvalue weighted by Gasteiger charge is -2.39. The van der Waals surface area contributed by atoms with Crippen LogP contribution in [-0.2, 0) is 17.7 Å². The van der Waals surface area contributed by atoms with Crippen LogP contribution in [0.5, 0.6) is 5.75 Å². The van der Waals surface area contributed by atoms with Crippen LogP contribution in [0, 0.1) is 5.92 Å². The van der Waals surface area contributed by atoms with Gasteiger partial charge in [-0.1, -0.05) is 49.4 Å². The Morgan fingerprint density at radius 1 is 1.04 bits per heavy atom. The van der Waals surface area contributed by atoms with Gasteiger partial charge in [0.2, 0.25) is 0 Å². The molecule has 3 atom stereocenters. The first-order valence-corrected chi connectivity index (χ1v) is 10.2. The van der Waals surface area contributed by atoms with E-state index in [1.165, 1.54) is 11.1 Å². The average molecular weight is 386 g/mol. The van der Waals surface area contributed by atoms with Crippen LogP contribution >= 0.6 is 0 Å². The highest BCUT2D eigenvalue weighted by Gasteiger charge is 2.36. The van der Waals surface area contributed by atoms with E-state index in [-0.39, 0.29) is 12.0 Å². The monoisotopic (exact) mass is 385 g/mol. The maximum absolute atomic E-state index is 11.4. The molecule has 4 nitrogen and oxygen atoms in total. The molecule has 0 saturated carbocycles. The van der Waals surface area contributed by atoms with Crippen molar-refractivity contribution in [3.63, 3.8) is 0 Å². The fourth-order valence-electron chi connectivity index (χ4n) is 3.36. The lowest BCUT2D eigenvalue weighted by Crippen LogP contribution is -2.54. The van der Waals surface area contributed by atoms with Gasteiger partial charge in [-0.3, -0.25) is 0 Å². The van der Waals surface area contributed by atoms with Crippen LogP contribution in [-0.4, -0.2) is 37.1 Å². The lowest BCUT2D eigenvalue weighted by molar-refractivity contribution is -0.0402. The van der Waals surface area contributed by atoms with Crippen LogP contribution in [0.4, 0.5) is 0 Å². The van der Waals surface area contributed by atoms with Gasteiger partial charge in [0.15, 0.2) is 0 Å². The van der Waals surface area contributed by atoms with Crippen LogP contribution in [0.15, 0.2) is 54.6 Å². The van der Waals surface area contributed by atoms with Crippen LogP contribution in [0.2, 0.25) is 0 Å². The quantitative estimate of drug-likeness (QED) is 0.538. The molecule has 3 unspecified atom stereocenters. The van der Waals surface area contributed by atoms with E-state index in [4.69, 9.17) is 9.47 Å². The van der Waals surface area contributed by atoms with Gasteiger partial charge in [-0.2, -0.15) is 0 Å². The first-order valence-electron chi connectivity index (χ1n) is 10.2. The molecule has 0 fully saturated rings. The smallest absolute Gasteiger partial charge is 0.118 e. The zero-order chi connectivity index (χ0) is 20.4. The summed E-state index contributed by atoms with van der Waals surface area (Å²) >= 11 is 0. The molecule has 0 aromatic heterocycles. The minimum absolute atomic E-state index is 0.0854. The van der Waals surface area contributed by atoms with Crippen molar-refractivity contribution in [1.29, 1.82) is 0 Å². The molecular formula is C24H35NO3. The molecule has 0 amide bonds. The second-order valence-electron chi connectivity index (χ2n) is 7.58. The summed E-state index contributed by atoms with van der Waals surface area (Å²) in [6.07, 6.45) is 1.57. The van der Waals surface area contributed by atoms with Gasteiger partial charge in [-0.15, -0.1) is 0 Å². The molecule has 0 heterocycles. The summed E-state index contributed by atoms with van der Waals surface area (Å²) in [6.45, 7) is 8.13. The SMILES string of the molecule is CCOCCC(C)C(C)(O)C(Cc1ccc(OC)cc1)NCc1ccccc1. The maximum Gasteiger partial charge on any atom is 0.118 e. The molecule has 28 heavy (non-hydrogen) atoms. The Labute approximate surface area is 169 Å². The van der Waals surface area contributed by atoms with Crippen LogP contribution in [0.25, 0.3) is 0 Å². The van der Waals surface area contributed by atoms with Crippen LogP contribution in [0.3, 0.4) is 0 Å². The van der Waals surface area contributed by atoms with Crippen molar-refractivity contribution < 1.29 is 14.6 Å². The van der Waals surface area contributed by atoms with E-state index in [0.717, 1.165) is 25.1 Å². The summed E-state index contributed by atoms with van der Waals surface area (Å²) in [5.74, 6) is 0.944. The molecule has 154 valence electrons. The van der Waals surface area contributed by atoms with Gasteiger partial charge in [0, 0.05) is 25.8 Å². The number of hydrogen-bond donors (Lipinski definition) is 2. The maximum atomic E-state index is 11.4. The fraction of sp³-hybridized carbons (Fsp3) is 0.500. The molecule has 2 aromatic rings. The standard InChI is InChI=1S/C24H35NO3/c1-5-28-16-15-19(2)24(3,26)23(25-18-21-9-7-6-8-10-21)17-20-11-13-22(27-4)14-12-20/h6-14,19,23,25-26H,5,15-18H2,1-4H3. The molecule has 2 N–H and O–H groups in total. The number of hydrogen-bond acceptors (Lipinski definition) is 4. The van der Waals surface area contributed by atoms with E-state index < -0.39 is 5.60 Å². The van der Waals surface area contributed by atoms with Gasteiger partial charge >= 0.3 is 0 Å². The zero-order valence-corrected chi connectivity index (χ0v) is 17.7. The Kier molecular flexibility index (Phi) is 8.97. The molecule has 4 heteroatoms. The topological polar surface area (TPSA) is 50.7 Å². The normalized spacial score (nSPS) is 15.6. The summed E-state index contributed by atoms with van der Waals surface area (Å²) in [5, 5.41) is 15.0. The van der Waals surface area contributed by atoms with Crippen molar-refractivity contribution in [1.82, 2.24) is 5.32 Å². The summed E-state index contributed by atoms with van der Waals surface area (Å²) in [6, 6.07) is 18.3. The minimum Gasteiger partial charge on any atom is -0.497 e. The van der Waals surface area contributed by atoms with Gasteiger partial charge < -0.3 is 19.9 Å². The average Bonchev–Trinajstić information content (AvgIpc) is 2.72. The molecule has 2 rings (SSSR count). The molecule has 0 saturated heterocycles. The lowest BCUT2D eigenvalue weighted by atomic mass is 9.79. The van der Waals surface area contributed by atoms with Crippen molar-refractivity contribution in [3.05, 3.63) is 65.7 Å². The molecule has 0 radical (unpaired) electrons. The summed E-state index contributed by atoms with van der Waals surface area (Å²) in [4.78, 5) is 0. The Bertz CT molecular complexity index is 670. The Hall–Kier alpha value is -1.88. The van der Waals surface area contributed by atoms with Gasteiger partial charge in [0.25, 0.3) is 0 Å². The van der Waals surface area contributed by atoms with Gasteiger partial charge in [-0.25, -0.2) is 0 Å². The van der Waals surface area contributed by atoms with Crippen molar-refractivity contribution in [2.24, 2.45) is 5.92 Å². The highest BCUT2D eigenvalue weighted by atomic mass is 16.5. The fourth-order valence-corrected chi connectivity index (χ4v) is 3.36. The van der Waals surface area contributed by atoms with Gasteiger partial charge in [0.05, 0.1) is 12.7 Å². The van der Waals surface area contributed by atoms with Crippen molar-refractivity contribution in [2.45, 2.75) is 51.8 Å². The third kappa shape index (κ3) is 6.62. The Morgan fingerprint density at radius 3 is 2.32 bits per heavy atom. The van der Waals surface area contributed by atoms with Crippen LogP contribution in [0.1, 0.15) is 38.3 Å². The first kappa shape index (κ1) is 22.4. The molecule has 2 aromatic carbocycles. The number of rotatable bonds is 12. The largest absolute Gasteiger partial charge is 0.497 e. The summed E-state index contributed by atoms with van der Waals surface area (Å²) < 4.78 is 10.8. The highest BCUT2D eigenvalue weighted by Crippen LogP contribution is 2.27. The number of nitrogens with one attached hydrogen (secondary N) is 1. The van der Waals surface area contributed by atoms with Gasteiger partial charge in [0.1, 0.15) is 5.75 Å². The van der Waals surface area contributed by atoms with Crippen molar-refractivity contribution >= 4 is 0 Å². The Morgan fingerprint density at radius 2 is 1.71 bits per heavy atom. The van der Waals surface area contributed by atoms with E-state index in [1.54, 1.807) is 7.11 Å². The zero-order valence-electron chi connectivity index (χ0n) is 17.7. The van der Waals surface area contributed by atoms with E-state index in [1.807, 2.05) is 44.2 Å². The van der Waals surface area contributed by atoms with Crippen molar-refractivity contribution in [3.8, 4) is 5.75 Å². The number of methoxy groups -OCH3 is 1. The second kappa shape index (κ2) is 11.2. The molecule has 0 aliphatic heterocycles. The third-order valence-corrected chi connectivity index (χ3v) is 5.60.